The smallest absolute Gasteiger partial charge is 0.226 e. The summed E-state index contributed by atoms with van der Waals surface area (Å²) in [7, 11) is 0. The second-order valence-electron chi connectivity index (χ2n) is 5.40. The zero-order chi connectivity index (χ0) is 13.8. The second-order valence-corrected chi connectivity index (χ2v) is 5.40. The first-order valence-electron chi connectivity index (χ1n) is 6.84. The van der Waals surface area contributed by atoms with Crippen LogP contribution >= 0.6 is 0 Å². The molecular formula is C15H21FN2O. The van der Waals surface area contributed by atoms with Crippen LogP contribution in [0.2, 0.25) is 0 Å². The quantitative estimate of drug-likeness (QED) is 0.907. The summed E-state index contributed by atoms with van der Waals surface area (Å²) in [6.07, 6.45) is 2.45. The number of benzene rings is 1. The number of nitrogens with zero attached hydrogens (tertiary/aromatic N) is 1. The predicted octanol–water partition coefficient (Wildman–Crippen LogP) is 1.95. The summed E-state index contributed by atoms with van der Waals surface area (Å²) >= 11 is 0. The highest BCUT2D eigenvalue weighted by Gasteiger charge is 2.25. The molecule has 104 valence electrons. The van der Waals surface area contributed by atoms with Crippen molar-refractivity contribution in [2.45, 2.75) is 32.2 Å². The highest BCUT2D eigenvalue weighted by molar-refractivity contribution is 5.78. The lowest BCUT2D eigenvalue weighted by molar-refractivity contribution is -0.132. The molecule has 0 bridgehead atoms. The van der Waals surface area contributed by atoms with Crippen LogP contribution in [-0.4, -0.2) is 29.9 Å². The van der Waals surface area contributed by atoms with Crippen molar-refractivity contribution in [2.75, 3.05) is 13.1 Å². The number of rotatable bonds is 3. The third-order valence-corrected chi connectivity index (χ3v) is 3.82. The van der Waals surface area contributed by atoms with Crippen LogP contribution in [0, 0.1) is 11.7 Å². The van der Waals surface area contributed by atoms with Crippen molar-refractivity contribution >= 4 is 5.91 Å². The molecule has 2 rings (SSSR count). The summed E-state index contributed by atoms with van der Waals surface area (Å²) < 4.78 is 12.8. The molecule has 1 saturated heterocycles. The van der Waals surface area contributed by atoms with E-state index in [0.717, 1.165) is 31.5 Å². The highest BCUT2D eigenvalue weighted by Crippen LogP contribution is 2.19. The maximum atomic E-state index is 12.8. The van der Waals surface area contributed by atoms with Gasteiger partial charge in [-0.15, -0.1) is 0 Å². The van der Waals surface area contributed by atoms with Crippen molar-refractivity contribution < 1.29 is 9.18 Å². The van der Waals surface area contributed by atoms with Gasteiger partial charge in [-0.3, -0.25) is 4.79 Å². The maximum absolute atomic E-state index is 12.8. The number of nitrogens with two attached hydrogens (primary N) is 1. The van der Waals surface area contributed by atoms with Gasteiger partial charge in [0.25, 0.3) is 0 Å². The first-order valence-corrected chi connectivity index (χ1v) is 6.84. The summed E-state index contributed by atoms with van der Waals surface area (Å²) in [5.41, 5.74) is 6.77. The summed E-state index contributed by atoms with van der Waals surface area (Å²) in [5.74, 6) is 0.231. The lowest BCUT2D eigenvalue weighted by Crippen LogP contribution is -2.45. The van der Waals surface area contributed by atoms with Gasteiger partial charge in [-0.2, -0.15) is 0 Å². The minimum absolute atomic E-state index is 0.108. The Morgan fingerprint density at radius 2 is 2.16 bits per heavy atom. The molecule has 0 spiro atoms. The van der Waals surface area contributed by atoms with Crippen LogP contribution in [0.3, 0.4) is 0 Å². The fourth-order valence-electron chi connectivity index (χ4n) is 2.55. The molecule has 0 saturated carbocycles. The van der Waals surface area contributed by atoms with Crippen LogP contribution in [0.25, 0.3) is 0 Å². The SMILES string of the molecule is CC(N)C1CCCN(C(=O)Cc2ccc(F)cc2)C1. The molecule has 1 aromatic carbocycles. The third kappa shape index (κ3) is 3.77. The minimum Gasteiger partial charge on any atom is -0.342 e. The van der Waals surface area contributed by atoms with Crippen molar-refractivity contribution in [1.82, 2.24) is 4.90 Å². The van der Waals surface area contributed by atoms with E-state index in [1.54, 1.807) is 12.1 Å². The minimum atomic E-state index is -0.272. The lowest BCUT2D eigenvalue weighted by Gasteiger charge is -2.34. The Balaban J connectivity index is 1.94. The van der Waals surface area contributed by atoms with Crippen molar-refractivity contribution in [2.24, 2.45) is 11.7 Å². The molecular weight excluding hydrogens is 243 g/mol. The van der Waals surface area contributed by atoms with E-state index in [9.17, 15) is 9.18 Å². The summed E-state index contributed by atoms with van der Waals surface area (Å²) in [6.45, 7) is 3.56. The Hall–Kier alpha value is -1.42. The van der Waals surface area contributed by atoms with Gasteiger partial charge >= 0.3 is 0 Å². The van der Waals surface area contributed by atoms with Crippen LogP contribution in [-0.2, 0) is 11.2 Å². The topological polar surface area (TPSA) is 46.3 Å². The van der Waals surface area contributed by atoms with E-state index in [1.165, 1.54) is 12.1 Å². The molecule has 2 N–H and O–H groups in total. The molecule has 1 amide bonds. The average molecular weight is 264 g/mol. The van der Waals surface area contributed by atoms with Crippen LogP contribution in [0.4, 0.5) is 4.39 Å². The number of carbonyl (C=O) groups is 1. The Morgan fingerprint density at radius 3 is 2.79 bits per heavy atom. The molecule has 19 heavy (non-hydrogen) atoms. The highest BCUT2D eigenvalue weighted by atomic mass is 19.1. The Morgan fingerprint density at radius 1 is 1.47 bits per heavy atom. The Bertz CT molecular complexity index is 430. The van der Waals surface area contributed by atoms with Crippen molar-refractivity contribution in [1.29, 1.82) is 0 Å². The van der Waals surface area contributed by atoms with Crippen LogP contribution < -0.4 is 5.73 Å². The average Bonchev–Trinajstić information content (AvgIpc) is 2.41. The number of halogens is 1. The first-order chi connectivity index (χ1) is 9.06. The normalized spacial score (nSPS) is 21.2. The van der Waals surface area contributed by atoms with Gasteiger partial charge in [-0.1, -0.05) is 12.1 Å². The van der Waals surface area contributed by atoms with Crippen molar-refractivity contribution in [3.05, 3.63) is 35.6 Å². The molecule has 3 nitrogen and oxygen atoms in total. The zero-order valence-electron chi connectivity index (χ0n) is 11.3. The van der Waals surface area contributed by atoms with Crippen molar-refractivity contribution in [3.63, 3.8) is 0 Å². The number of piperidine rings is 1. The van der Waals surface area contributed by atoms with E-state index in [4.69, 9.17) is 5.73 Å². The van der Waals surface area contributed by atoms with Gasteiger partial charge in [0.15, 0.2) is 0 Å². The molecule has 1 aliphatic heterocycles. The van der Waals surface area contributed by atoms with Gasteiger partial charge in [0.2, 0.25) is 5.91 Å². The largest absolute Gasteiger partial charge is 0.342 e. The molecule has 0 radical (unpaired) electrons. The monoisotopic (exact) mass is 264 g/mol. The van der Waals surface area contributed by atoms with E-state index >= 15 is 0 Å². The van der Waals surface area contributed by atoms with E-state index in [0.29, 0.717) is 12.3 Å². The van der Waals surface area contributed by atoms with Gasteiger partial charge in [0.1, 0.15) is 5.82 Å². The predicted molar refractivity (Wildman–Crippen MR) is 73.1 cm³/mol. The summed E-state index contributed by atoms with van der Waals surface area (Å²) in [5, 5.41) is 0. The van der Waals surface area contributed by atoms with Gasteiger partial charge < -0.3 is 10.6 Å². The van der Waals surface area contributed by atoms with Crippen LogP contribution in [0.1, 0.15) is 25.3 Å². The molecule has 2 atom stereocenters. The van der Waals surface area contributed by atoms with E-state index in [-0.39, 0.29) is 17.8 Å². The second kappa shape index (κ2) is 6.15. The number of hydrogen-bond donors (Lipinski definition) is 1. The zero-order valence-corrected chi connectivity index (χ0v) is 11.3. The number of hydrogen-bond acceptors (Lipinski definition) is 2. The molecule has 1 fully saturated rings. The number of carbonyl (C=O) groups excluding carboxylic acids is 1. The van der Waals surface area contributed by atoms with E-state index < -0.39 is 0 Å². The van der Waals surface area contributed by atoms with Crippen LogP contribution in [0.15, 0.2) is 24.3 Å². The molecule has 0 aliphatic carbocycles. The Kier molecular flexibility index (Phi) is 4.53. The molecule has 4 heteroatoms. The van der Waals surface area contributed by atoms with E-state index in [2.05, 4.69) is 0 Å². The molecule has 0 aromatic heterocycles. The molecule has 2 unspecified atom stereocenters. The molecule has 1 aromatic rings. The van der Waals surface area contributed by atoms with Gasteiger partial charge in [0, 0.05) is 19.1 Å². The summed E-state index contributed by atoms with van der Waals surface area (Å²) in [4.78, 5) is 14.1. The lowest BCUT2D eigenvalue weighted by atomic mass is 9.92. The van der Waals surface area contributed by atoms with Gasteiger partial charge in [0.05, 0.1) is 6.42 Å². The maximum Gasteiger partial charge on any atom is 0.226 e. The summed E-state index contributed by atoms with van der Waals surface area (Å²) in [6, 6.07) is 6.24. The third-order valence-electron chi connectivity index (χ3n) is 3.82. The number of likely N-dealkylation sites (tertiary alicyclic amines) is 1. The van der Waals surface area contributed by atoms with Crippen LogP contribution in [0.5, 0.6) is 0 Å². The molecule has 1 aliphatic rings. The standard InChI is InChI=1S/C15H21FN2O/c1-11(17)13-3-2-8-18(10-13)15(19)9-12-4-6-14(16)7-5-12/h4-7,11,13H,2-3,8-10,17H2,1H3. The first kappa shape index (κ1) is 14.0. The van der Waals surface area contributed by atoms with Gasteiger partial charge in [-0.05, 0) is 43.4 Å². The fourth-order valence-corrected chi connectivity index (χ4v) is 2.55. The van der Waals surface area contributed by atoms with Crippen molar-refractivity contribution in [3.8, 4) is 0 Å². The fraction of sp³-hybridized carbons (Fsp3) is 0.533. The molecule has 1 heterocycles. The number of amides is 1. The Labute approximate surface area is 113 Å². The van der Waals surface area contributed by atoms with Gasteiger partial charge in [-0.25, -0.2) is 4.39 Å². The van der Waals surface area contributed by atoms with E-state index in [1.807, 2.05) is 11.8 Å².